The summed E-state index contributed by atoms with van der Waals surface area (Å²) < 4.78 is 38.4. The molecule has 1 aromatic heterocycles. The number of carbonyl (C=O) groups excluding carboxylic acids is 2. The summed E-state index contributed by atoms with van der Waals surface area (Å²) in [6, 6.07) is 9.10. The van der Waals surface area contributed by atoms with Crippen LogP contribution in [-0.2, 0) is 20.9 Å². The highest BCUT2D eigenvalue weighted by molar-refractivity contribution is 5.90. The average Bonchev–Trinajstić information content (AvgIpc) is 3.12. The number of hydrogen-bond acceptors (Lipinski definition) is 5. The number of rotatable bonds is 8. The van der Waals surface area contributed by atoms with Crippen LogP contribution >= 0.6 is 0 Å². The van der Waals surface area contributed by atoms with E-state index in [1.807, 2.05) is 0 Å². The van der Waals surface area contributed by atoms with E-state index < -0.39 is 24.6 Å². The largest absolute Gasteiger partial charge is 0.467 e. The Hall–Kier alpha value is -3.16. The molecule has 0 saturated heterocycles. The summed E-state index contributed by atoms with van der Waals surface area (Å²) in [6.07, 6.45) is 3.08. The quantitative estimate of drug-likeness (QED) is 0.574. The Bertz CT molecular complexity index is 741. The van der Waals surface area contributed by atoms with Gasteiger partial charge in [0.15, 0.2) is 6.10 Å². The van der Waals surface area contributed by atoms with Gasteiger partial charge in [-0.05, 0) is 42.8 Å². The molecule has 138 valence electrons. The van der Waals surface area contributed by atoms with E-state index >= 15 is 0 Å². The van der Waals surface area contributed by atoms with Gasteiger partial charge in [0.1, 0.15) is 11.5 Å². The standard InChI is InChI=1S/C18H17F2NO5/c1-12(17(23)21-11-15-3-2-10-24-15)25-16(22)9-6-13-4-7-14(8-5-13)26-18(19)20/h2-10,12,18H,11H2,1H3,(H,21,23)/b9-6+/t12-/m1/s1. The van der Waals surface area contributed by atoms with Gasteiger partial charge in [-0.2, -0.15) is 8.78 Å². The predicted molar refractivity (Wildman–Crippen MR) is 88.2 cm³/mol. The van der Waals surface area contributed by atoms with E-state index in [9.17, 15) is 18.4 Å². The fraction of sp³-hybridized carbons (Fsp3) is 0.222. The Kier molecular flexibility index (Phi) is 6.90. The van der Waals surface area contributed by atoms with Crippen LogP contribution in [0, 0.1) is 0 Å². The number of halogens is 2. The minimum Gasteiger partial charge on any atom is -0.467 e. The molecule has 2 rings (SSSR count). The molecule has 0 spiro atoms. The summed E-state index contributed by atoms with van der Waals surface area (Å²) in [5.41, 5.74) is 0.582. The molecule has 0 radical (unpaired) electrons. The molecule has 0 aliphatic heterocycles. The van der Waals surface area contributed by atoms with Gasteiger partial charge in [0.2, 0.25) is 0 Å². The number of benzene rings is 1. The van der Waals surface area contributed by atoms with Crippen LogP contribution in [0.3, 0.4) is 0 Å². The molecule has 0 aliphatic rings. The van der Waals surface area contributed by atoms with E-state index in [0.29, 0.717) is 11.3 Å². The maximum atomic E-state index is 12.1. The van der Waals surface area contributed by atoms with Crippen molar-refractivity contribution in [2.75, 3.05) is 0 Å². The third kappa shape index (κ3) is 6.39. The van der Waals surface area contributed by atoms with E-state index in [1.54, 1.807) is 12.1 Å². The number of ether oxygens (including phenoxy) is 2. The summed E-state index contributed by atoms with van der Waals surface area (Å²) in [7, 11) is 0. The van der Waals surface area contributed by atoms with Crippen molar-refractivity contribution in [2.24, 2.45) is 0 Å². The number of carbonyl (C=O) groups is 2. The lowest BCUT2D eigenvalue weighted by Gasteiger charge is -2.11. The normalized spacial score (nSPS) is 12.2. The highest BCUT2D eigenvalue weighted by Gasteiger charge is 2.16. The maximum Gasteiger partial charge on any atom is 0.387 e. The summed E-state index contributed by atoms with van der Waals surface area (Å²) in [4.78, 5) is 23.6. The Morgan fingerprint density at radius 1 is 1.23 bits per heavy atom. The molecule has 0 saturated carbocycles. The molecule has 1 N–H and O–H groups in total. The second-order valence-electron chi connectivity index (χ2n) is 5.16. The molecule has 1 aromatic carbocycles. The summed E-state index contributed by atoms with van der Waals surface area (Å²) in [6.45, 7) is -1.26. The lowest BCUT2D eigenvalue weighted by Crippen LogP contribution is -2.35. The van der Waals surface area contributed by atoms with Crippen molar-refractivity contribution in [1.29, 1.82) is 0 Å². The molecule has 1 heterocycles. The second-order valence-corrected chi connectivity index (χ2v) is 5.16. The van der Waals surface area contributed by atoms with Crippen LogP contribution in [-0.4, -0.2) is 24.6 Å². The first-order chi connectivity index (χ1) is 12.4. The zero-order chi connectivity index (χ0) is 18.9. The SMILES string of the molecule is C[C@@H](OC(=O)/C=C/c1ccc(OC(F)F)cc1)C(=O)NCc1ccco1. The fourth-order valence-corrected chi connectivity index (χ4v) is 1.92. The third-order valence-corrected chi connectivity index (χ3v) is 3.20. The van der Waals surface area contributed by atoms with Crippen molar-refractivity contribution in [3.8, 4) is 5.75 Å². The smallest absolute Gasteiger partial charge is 0.387 e. The van der Waals surface area contributed by atoms with Crippen LogP contribution in [0.15, 0.2) is 53.2 Å². The van der Waals surface area contributed by atoms with Crippen LogP contribution in [0.1, 0.15) is 18.2 Å². The Morgan fingerprint density at radius 3 is 2.58 bits per heavy atom. The van der Waals surface area contributed by atoms with Crippen molar-refractivity contribution in [3.63, 3.8) is 0 Å². The number of esters is 1. The molecule has 8 heteroatoms. The number of furan rings is 1. The third-order valence-electron chi connectivity index (χ3n) is 3.20. The van der Waals surface area contributed by atoms with Gasteiger partial charge in [-0.1, -0.05) is 12.1 Å². The van der Waals surface area contributed by atoms with Gasteiger partial charge in [0.05, 0.1) is 12.8 Å². The summed E-state index contributed by atoms with van der Waals surface area (Å²) >= 11 is 0. The number of amides is 1. The van der Waals surface area contributed by atoms with Crippen LogP contribution in [0.5, 0.6) is 5.75 Å². The van der Waals surface area contributed by atoms with Crippen molar-refractivity contribution < 1.29 is 32.3 Å². The fourth-order valence-electron chi connectivity index (χ4n) is 1.92. The molecular weight excluding hydrogens is 348 g/mol. The van der Waals surface area contributed by atoms with E-state index in [0.717, 1.165) is 6.08 Å². The number of nitrogens with one attached hydrogen (secondary N) is 1. The molecule has 0 unspecified atom stereocenters. The molecule has 2 aromatic rings. The minimum absolute atomic E-state index is 0.0153. The Labute approximate surface area is 148 Å². The molecule has 1 amide bonds. The molecule has 0 bridgehead atoms. The van der Waals surface area contributed by atoms with Gasteiger partial charge < -0.3 is 19.2 Å². The number of alkyl halides is 2. The lowest BCUT2D eigenvalue weighted by atomic mass is 10.2. The van der Waals surface area contributed by atoms with Crippen LogP contribution in [0.2, 0.25) is 0 Å². The highest BCUT2D eigenvalue weighted by Crippen LogP contribution is 2.15. The summed E-state index contributed by atoms with van der Waals surface area (Å²) in [5, 5.41) is 2.58. The topological polar surface area (TPSA) is 77.8 Å². The first-order valence-corrected chi connectivity index (χ1v) is 7.67. The molecule has 1 atom stereocenters. The summed E-state index contributed by atoms with van der Waals surface area (Å²) in [5.74, 6) is -0.576. The monoisotopic (exact) mass is 365 g/mol. The first-order valence-electron chi connectivity index (χ1n) is 7.67. The molecule has 0 fully saturated rings. The highest BCUT2D eigenvalue weighted by atomic mass is 19.3. The Balaban J connectivity index is 1.79. The zero-order valence-corrected chi connectivity index (χ0v) is 13.9. The van der Waals surface area contributed by atoms with Gasteiger partial charge in [0, 0.05) is 6.08 Å². The minimum atomic E-state index is -2.90. The second kappa shape index (κ2) is 9.36. The van der Waals surface area contributed by atoms with Gasteiger partial charge in [-0.3, -0.25) is 4.79 Å². The Morgan fingerprint density at radius 2 is 1.96 bits per heavy atom. The van der Waals surface area contributed by atoms with Crippen LogP contribution in [0.4, 0.5) is 8.78 Å². The van der Waals surface area contributed by atoms with Gasteiger partial charge in [-0.15, -0.1) is 0 Å². The van der Waals surface area contributed by atoms with Crippen LogP contribution in [0.25, 0.3) is 6.08 Å². The van der Waals surface area contributed by atoms with Crippen molar-refractivity contribution in [1.82, 2.24) is 5.32 Å². The molecular formula is C18H17F2NO5. The van der Waals surface area contributed by atoms with Gasteiger partial charge in [0.25, 0.3) is 5.91 Å². The molecule has 26 heavy (non-hydrogen) atoms. The van der Waals surface area contributed by atoms with Crippen molar-refractivity contribution in [3.05, 3.63) is 60.1 Å². The van der Waals surface area contributed by atoms with Crippen LogP contribution < -0.4 is 10.1 Å². The van der Waals surface area contributed by atoms with E-state index in [4.69, 9.17) is 9.15 Å². The predicted octanol–water partition coefficient (Wildman–Crippen LogP) is 3.14. The van der Waals surface area contributed by atoms with Crippen molar-refractivity contribution in [2.45, 2.75) is 26.2 Å². The molecule has 6 nitrogen and oxygen atoms in total. The maximum absolute atomic E-state index is 12.1. The van der Waals surface area contributed by atoms with Gasteiger partial charge in [-0.25, -0.2) is 4.79 Å². The average molecular weight is 365 g/mol. The van der Waals surface area contributed by atoms with E-state index in [-0.39, 0.29) is 12.3 Å². The molecule has 0 aliphatic carbocycles. The van der Waals surface area contributed by atoms with E-state index in [2.05, 4.69) is 10.1 Å². The zero-order valence-electron chi connectivity index (χ0n) is 13.9. The van der Waals surface area contributed by atoms with Crippen molar-refractivity contribution >= 4 is 18.0 Å². The lowest BCUT2D eigenvalue weighted by molar-refractivity contribution is -0.150. The van der Waals surface area contributed by atoms with Gasteiger partial charge >= 0.3 is 12.6 Å². The first kappa shape index (κ1) is 19.2. The van der Waals surface area contributed by atoms with E-state index in [1.165, 1.54) is 43.5 Å². The number of hydrogen-bond donors (Lipinski definition) is 1.